The van der Waals surface area contributed by atoms with Crippen molar-refractivity contribution in [1.29, 1.82) is 0 Å². The third-order valence-electron chi connectivity index (χ3n) is 4.18. The second-order valence-corrected chi connectivity index (χ2v) is 7.24. The molecule has 3 heteroatoms. The first-order valence-corrected chi connectivity index (χ1v) is 9.97. The number of unbranched alkanes of at least 4 members (excludes halogenated alkanes) is 6. The quantitative estimate of drug-likeness (QED) is 0.111. The summed E-state index contributed by atoms with van der Waals surface area (Å²) < 4.78 is 5.03. The standard InChI is InChI=1S/C22H38O3/c1-5-6-7-8-9-10-11-15-21(23)18-22(24)25-17-16-20(4)14-12-13-19(2)3/h13,16-17,20H,5-12,14-15,18H2,1-4H3/b17-16+. The molecule has 0 radical (unpaired) electrons. The molecule has 0 saturated heterocycles. The van der Waals surface area contributed by atoms with Gasteiger partial charge < -0.3 is 4.74 Å². The normalized spacial score (nSPS) is 12.2. The van der Waals surface area contributed by atoms with Crippen LogP contribution in [0.25, 0.3) is 0 Å². The van der Waals surface area contributed by atoms with E-state index >= 15 is 0 Å². The van der Waals surface area contributed by atoms with Crippen LogP contribution in [-0.2, 0) is 14.3 Å². The van der Waals surface area contributed by atoms with Gasteiger partial charge in [0, 0.05) is 6.42 Å². The Hall–Kier alpha value is -1.38. The molecule has 0 bridgehead atoms. The van der Waals surface area contributed by atoms with Crippen LogP contribution in [0.4, 0.5) is 0 Å². The van der Waals surface area contributed by atoms with E-state index in [1.807, 2.05) is 6.08 Å². The molecule has 0 spiro atoms. The summed E-state index contributed by atoms with van der Waals surface area (Å²) in [6, 6.07) is 0. The summed E-state index contributed by atoms with van der Waals surface area (Å²) >= 11 is 0. The average molecular weight is 351 g/mol. The van der Waals surface area contributed by atoms with Crippen molar-refractivity contribution in [3.8, 4) is 0 Å². The van der Waals surface area contributed by atoms with Crippen LogP contribution in [0.2, 0.25) is 0 Å². The number of esters is 1. The van der Waals surface area contributed by atoms with Crippen molar-refractivity contribution in [1.82, 2.24) is 0 Å². The Labute approximate surface area is 154 Å². The van der Waals surface area contributed by atoms with Crippen molar-refractivity contribution in [2.75, 3.05) is 0 Å². The Kier molecular flexibility index (Phi) is 15.2. The molecule has 144 valence electrons. The smallest absolute Gasteiger partial charge is 0.318 e. The van der Waals surface area contributed by atoms with Crippen molar-refractivity contribution in [3.63, 3.8) is 0 Å². The summed E-state index contributed by atoms with van der Waals surface area (Å²) in [4.78, 5) is 23.4. The molecule has 0 rings (SSSR count). The number of carbonyl (C=O) groups is 2. The summed E-state index contributed by atoms with van der Waals surface area (Å²) in [6.45, 7) is 8.48. The Balaban J connectivity index is 3.71. The van der Waals surface area contributed by atoms with Crippen LogP contribution < -0.4 is 0 Å². The second kappa shape index (κ2) is 16.1. The Bertz CT molecular complexity index is 417. The third kappa shape index (κ3) is 17.2. The van der Waals surface area contributed by atoms with E-state index in [1.54, 1.807) is 0 Å². The highest BCUT2D eigenvalue weighted by Crippen LogP contribution is 2.11. The van der Waals surface area contributed by atoms with E-state index in [-0.39, 0.29) is 12.2 Å². The number of allylic oxidation sites excluding steroid dienone is 3. The Morgan fingerprint density at radius 3 is 2.28 bits per heavy atom. The molecule has 0 aliphatic rings. The van der Waals surface area contributed by atoms with E-state index < -0.39 is 5.97 Å². The van der Waals surface area contributed by atoms with Crippen LogP contribution in [-0.4, -0.2) is 11.8 Å². The van der Waals surface area contributed by atoms with Crippen molar-refractivity contribution in [2.45, 2.75) is 98.3 Å². The van der Waals surface area contributed by atoms with Crippen molar-refractivity contribution in [2.24, 2.45) is 5.92 Å². The number of carbonyl (C=O) groups excluding carboxylic acids is 2. The molecular formula is C22H38O3. The van der Waals surface area contributed by atoms with Gasteiger partial charge in [0.05, 0.1) is 6.26 Å². The van der Waals surface area contributed by atoms with Crippen LogP contribution in [0, 0.1) is 5.92 Å². The molecule has 0 aliphatic heterocycles. The maximum atomic E-state index is 11.8. The van der Waals surface area contributed by atoms with Gasteiger partial charge in [-0.25, -0.2) is 0 Å². The van der Waals surface area contributed by atoms with Crippen molar-refractivity contribution < 1.29 is 14.3 Å². The number of rotatable bonds is 15. The number of ketones is 1. The SMILES string of the molecule is CCCCCCCCCC(=O)CC(=O)O/C=C/C(C)CCC=C(C)C. The molecule has 25 heavy (non-hydrogen) atoms. The van der Waals surface area contributed by atoms with E-state index in [0.29, 0.717) is 12.3 Å². The highest BCUT2D eigenvalue weighted by atomic mass is 16.5. The van der Waals surface area contributed by atoms with E-state index in [1.165, 1.54) is 43.9 Å². The lowest BCUT2D eigenvalue weighted by atomic mass is 10.0. The van der Waals surface area contributed by atoms with Crippen LogP contribution >= 0.6 is 0 Å². The summed E-state index contributed by atoms with van der Waals surface area (Å²) in [5, 5.41) is 0. The van der Waals surface area contributed by atoms with Crippen molar-refractivity contribution >= 4 is 11.8 Å². The van der Waals surface area contributed by atoms with E-state index in [4.69, 9.17) is 4.74 Å². The molecule has 1 unspecified atom stereocenters. The van der Waals surface area contributed by atoms with Gasteiger partial charge in [0.1, 0.15) is 12.2 Å². The zero-order valence-corrected chi connectivity index (χ0v) is 16.8. The first-order chi connectivity index (χ1) is 12.0. The number of ether oxygens (including phenoxy) is 1. The van der Waals surface area contributed by atoms with E-state index in [9.17, 15) is 9.59 Å². The first kappa shape index (κ1) is 23.6. The van der Waals surface area contributed by atoms with Gasteiger partial charge in [-0.3, -0.25) is 9.59 Å². The molecule has 0 heterocycles. The largest absolute Gasteiger partial charge is 0.434 e. The monoisotopic (exact) mass is 350 g/mol. The third-order valence-corrected chi connectivity index (χ3v) is 4.18. The van der Waals surface area contributed by atoms with Crippen LogP contribution in [0.3, 0.4) is 0 Å². The minimum Gasteiger partial charge on any atom is -0.434 e. The second-order valence-electron chi connectivity index (χ2n) is 7.24. The summed E-state index contributed by atoms with van der Waals surface area (Å²) in [6.07, 6.45) is 16.2. The van der Waals surface area contributed by atoms with Crippen LogP contribution in [0.15, 0.2) is 24.0 Å². The molecule has 0 aromatic carbocycles. The van der Waals surface area contributed by atoms with Gasteiger partial charge in [-0.05, 0) is 45.1 Å². The molecule has 0 N–H and O–H groups in total. The lowest BCUT2D eigenvalue weighted by Crippen LogP contribution is -2.08. The lowest BCUT2D eigenvalue weighted by Gasteiger charge is -2.04. The maximum Gasteiger partial charge on any atom is 0.318 e. The van der Waals surface area contributed by atoms with Gasteiger partial charge in [-0.1, -0.05) is 64.0 Å². The van der Waals surface area contributed by atoms with Gasteiger partial charge in [0.15, 0.2) is 0 Å². The fourth-order valence-electron chi connectivity index (χ4n) is 2.55. The molecular weight excluding hydrogens is 312 g/mol. The van der Waals surface area contributed by atoms with Gasteiger partial charge >= 0.3 is 5.97 Å². The molecule has 0 aliphatic carbocycles. The highest BCUT2D eigenvalue weighted by molar-refractivity contribution is 5.95. The lowest BCUT2D eigenvalue weighted by molar-refractivity contribution is -0.141. The fourth-order valence-corrected chi connectivity index (χ4v) is 2.55. The Morgan fingerprint density at radius 1 is 1.00 bits per heavy atom. The van der Waals surface area contributed by atoms with Gasteiger partial charge in [-0.2, -0.15) is 0 Å². The zero-order chi connectivity index (χ0) is 18.9. The van der Waals surface area contributed by atoms with Gasteiger partial charge in [-0.15, -0.1) is 0 Å². The Morgan fingerprint density at radius 2 is 1.64 bits per heavy atom. The maximum absolute atomic E-state index is 11.8. The van der Waals surface area contributed by atoms with Crippen LogP contribution in [0.5, 0.6) is 0 Å². The van der Waals surface area contributed by atoms with E-state index in [2.05, 4.69) is 33.8 Å². The zero-order valence-electron chi connectivity index (χ0n) is 16.8. The van der Waals surface area contributed by atoms with Crippen molar-refractivity contribution in [3.05, 3.63) is 24.0 Å². The highest BCUT2D eigenvalue weighted by Gasteiger charge is 2.09. The van der Waals surface area contributed by atoms with E-state index in [0.717, 1.165) is 25.7 Å². The summed E-state index contributed by atoms with van der Waals surface area (Å²) in [5.41, 5.74) is 1.32. The molecule has 1 atom stereocenters. The molecule has 0 aromatic rings. The first-order valence-electron chi connectivity index (χ1n) is 9.97. The average Bonchev–Trinajstić information content (AvgIpc) is 2.53. The van der Waals surface area contributed by atoms with Gasteiger partial charge in [0.25, 0.3) is 0 Å². The molecule has 3 nitrogen and oxygen atoms in total. The number of Topliss-reactive ketones (excluding diaryl/α,β-unsaturated/α-hetero) is 1. The summed E-state index contributed by atoms with van der Waals surface area (Å²) in [5.74, 6) is -0.101. The molecule has 0 aromatic heterocycles. The summed E-state index contributed by atoms with van der Waals surface area (Å²) in [7, 11) is 0. The molecule has 0 fully saturated rings. The fraction of sp³-hybridized carbons (Fsp3) is 0.727. The number of hydrogen-bond donors (Lipinski definition) is 0. The topological polar surface area (TPSA) is 43.4 Å². The number of hydrogen-bond acceptors (Lipinski definition) is 3. The predicted octanol–water partition coefficient (Wildman–Crippen LogP) is 6.53. The predicted molar refractivity (Wildman–Crippen MR) is 105 cm³/mol. The minimum absolute atomic E-state index is 0.0106. The molecule has 0 amide bonds. The minimum atomic E-state index is -0.444. The molecule has 0 saturated carbocycles. The van der Waals surface area contributed by atoms with Crippen LogP contribution in [0.1, 0.15) is 98.3 Å². The van der Waals surface area contributed by atoms with Gasteiger partial charge in [0.2, 0.25) is 0 Å².